The van der Waals surface area contributed by atoms with Crippen molar-refractivity contribution < 1.29 is 14.6 Å². The minimum atomic E-state index is -0.808. The topological polar surface area (TPSA) is 59.4 Å². The molecule has 0 aromatic carbocycles. The maximum absolute atomic E-state index is 11.0. The summed E-state index contributed by atoms with van der Waals surface area (Å²) in [5, 5.41) is 9.59. The molecule has 4 nitrogen and oxygen atoms in total. The van der Waals surface area contributed by atoms with Crippen LogP contribution in [0.3, 0.4) is 0 Å². The molecule has 0 aliphatic carbocycles. The second kappa shape index (κ2) is 5.34. The van der Waals surface area contributed by atoms with Crippen molar-refractivity contribution in [3.63, 3.8) is 0 Å². The van der Waals surface area contributed by atoms with Gasteiger partial charge in [0.15, 0.2) is 0 Å². The van der Waals surface area contributed by atoms with Crippen LogP contribution in [0.25, 0.3) is 0 Å². The van der Waals surface area contributed by atoms with Crippen molar-refractivity contribution in [3.05, 3.63) is 30.1 Å². The Balaban J connectivity index is 2.50. The molecule has 0 radical (unpaired) electrons. The van der Waals surface area contributed by atoms with E-state index >= 15 is 0 Å². The lowest BCUT2D eigenvalue weighted by atomic mass is 10.1. The minimum absolute atomic E-state index is 0.0160. The largest absolute Gasteiger partial charge is 0.466 e. The fourth-order valence-corrected chi connectivity index (χ4v) is 1.08. The third-order valence-corrected chi connectivity index (χ3v) is 1.76. The zero-order chi connectivity index (χ0) is 10.4. The summed E-state index contributed by atoms with van der Waals surface area (Å²) in [6, 6.07) is 3.34. The van der Waals surface area contributed by atoms with Gasteiger partial charge in [-0.05, 0) is 24.6 Å². The van der Waals surface area contributed by atoms with Gasteiger partial charge in [0.25, 0.3) is 0 Å². The van der Waals surface area contributed by atoms with Crippen molar-refractivity contribution in [2.45, 2.75) is 19.4 Å². The second-order valence-electron chi connectivity index (χ2n) is 2.81. The summed E-state index contributed by atoms with van der Waals surface area (Å²) in [5.74, 6) is -0.392. The molecule has 0 bridgehead atoms. The maximum atomic E-state index is 11.0. The Morgan fingerprint density at radius 2 is 2.21 bits per heavy atom. The number of esters is 1. The van der Waals surface area contributed by atoms with Gasteiger partial charge in [0, 0.05) is 12.4 Å². The van der Waals surface area contributed by atoms with Crippen LogP contribution in [-0.2, 0) is 9.53 Å². The lowest BCUT2D eigenvalue weighted by Crippen LogP contribution is -2.09. The van der Waals surface area contributed by atoms with Crippen LogP contribution in [0.15, 0.2) is 24.5 Å². The quantitative estimate of drug-likeness (QED) is 0.730. The molecule has 1 unspecified atom stereocenters. The van der Waals surface area contributed by atoms with Crippen LogP contribution in [0.4, 0.5) is 0 Å². The predicted molar refractivity (Wildman–Crippen MR) is 50.4 cm³/mol. The molecule has 0 fully saturated rings. The first-order valence-corrected chi connectivity index (χ1v) is 4.47. The van der Waals surface area contributed by atoms with E-state index in [9.17, 15) is 9.90 Å². The summed E-state index contributed by atoms with van der Waals surface area (Å²) in [7, 11) is 0. The van der Waals surface area contributed by atoms with Gasteiger partial charge in [0.1, 0.15) is 0 Å². The summed E-state index contributed by atoms with van der Waals surface area (Å²) < 4.78 is 4.72. The number of carbonyl (C=O) groups excluding carboxylic acids is 1. The Hall–Kier alpha value is -1.42. The highest BCUT2D eigenvalue weighted by Crippen LogP contribution is 2.15. The molecule has 14 heavy (non-hydrogen) atoms. The zero-order valence-corrected chi connectivity index (χ0v) is 8.01. The van der Waals surface area contributed by atoms with Gasteiger partial charge in [-0.15, -0.1) is 0 Å². The van der Waals surface area contributed by atoms with Crippen LogP contribution in [0, 0.1) is 0 Å². The number of aromatic nitrogens is 1. The lowest BCUT2D eigenvalue weighted by Gasteiger charge is -2.09. The predicted octanol–water partition coefficient (Wildman–Crippen LogP) is 1.07. The lowest BCUT2D eigenvalue weighted by molar-refractivity contribution is -0.145. The average molecular weight is 195 g/mol. The first-order valence-electron chi connectivity index (χ1n) is 4.47. The van der Waals surface area contributed by atoms with Crippen molar-refractivity contribution in [2.24, 2.45) is 0 Å². The molecule has 1 rings (SSSR count). The van der Waals surface area contributed by atoms with E-state index in [-0.39, 0.29) is 6.42 Å². The van der Waals surface area contributed by atoms with E-state index < -0.39 is 12.1 Å². The third-order valence-electron chi connectivity index (χ3n) is 1.76. The Morgan fingerprint density at radius 1 is 1.57 bits per heavy atom. The Kier molecular flexibility index (Phi) is 4.07. The summed E-state index contributed by atoms with van der Waals surface area (Å²) in [6.45, 7) is 2.07. The molecule has 4 heteroatoms. The van der Waals surface area contributed by atoms with Crippen LogP contribution in [0.2, 0.25) is 0 Å². The first-order chi connectivity index (χ1) is 6.74. The van der Waals surface area contributed by atoms with Crippen LogP contribution >= 0.6 is 0 Å². The highest BCUT2D eigenvalue weighted by atomic mass is 16.5. The Labute approximate surface area is 82.5 Å². The molecule has 0 saturated carbocycles. The third kappa shape index (κ3) is 3.14. The Morgan fingerprint density at radius 3 is 2.79 bits per heavy atom. The summed E-state index contributed by atoms with van der Waals surface area (Å²) in [4.78, 5) is 14.8. The first kappa shape index (κ1) is 10.7. The van der Waals surface area contributed by atoms with E-state index in [1.165, 1.54) is 0 Å². The SMILES string of the molecule is CCOC(=O)CC(O)c1ccncc1. The van der Waals surface area contributed by atoms with E-state index in [4.69, 9.17) is 4.74 Å². The van der Waals surface area contributed by atoms with E-state index in [0.717, 1.165) is 0 Å². The van der Waals surface area contributed by atoms with Crippen molar-refractivity contribution in [1.82, 2.24) is 4.98 Å². The number of aliphatic hydroxyl groups excluding tert-OH is 1. The standard InChI is InChI=1S/C10H13NO3/c1-2-14-10(13)7-9(12)8-3-5-11-6-4-8/h3-6,9,12H,2,7H2,1H3. The molecular weight excluding hydrogens is 182 g/mol. The molecule has 1 aromatic heterocycles. The van der Waals surface area contributed by atoms with Gasteiger partial charge < -0.3 is 9.84 Å². The molecule has 0 amide bonds. The number of carbonyl (C=O) groups is 1. The fourth-order valence-electron chi connectivity index (χ4n) is 1.08. The van der Waals surface area contributed by atoms with Gasteiger partial charge in [-0.3, -0.25) is 9.78 Å². The van der Waals surface area contributed by atoms with Crippen LogP contribution in [0.1, 0.15) is 25.0 Å². The smallest absolute Gasteiger partial charge is 0.308 e. The zero-order valence-electron chi connectivity index (χ0n) is 8.01. The number of aliphatic hydroxyl groups is 1. The molecule has 1 N–H and O–H groups in total. The van der Waals surface area contributed by atoms with E-state index in [1.54, 1.807) is 31.5 Å². The van der Waals surface area contributed by atoms with Gasteiger partial charge in [0.2, 0.25) is 0 Å². The summed E-state index contributed by atoms with van der Waals surface area (Å²) in [6.07, 6.45) is 2.32. The highest BCUT2D eigenvalue weighted by molar-refractivity contribution is 5.70. The van der Waals surface area contributed by atoms with Gasteiger partial charge in [-0.2, -0.15) is 0 Å². The van der Waals surface area contributed by atoms with Crippen LogP contribution in [-0.4, -0.2) is 22.7 Å². The van der Waals surface area contributed by atoms with E-state index in [0.29, 0.717) is 12.2 Å². The summed E-state index contributed by atoms with van der Waals surface area (Å²) in [5.41, 5.74) is 0.674. The molecule has 76 valence electrons. The van der Waals surface area contributed by atoms with Crippen molar-refractivity contribution >= 4 is 5.97 Å². The van der Waals surface area contributed by atoms with Crippen LogP contribution in [0.5, 0.6) is 0 Å². The number of hydrogen-bond donors (Lipinski definition) is 1. The van der Waals surface area contributed by atoms with Crippen molar-refractivity contribution in [1.29, 1.82) is 0 Å². The van der Waals surface area contributed by atoms with Gasteiger partial charge in [-0.25, -0.2) is 0 Å². The van der Waals surface area contributed by atoms with Gasteiger partial charge in [0.05, 0.1) is 19.1 Å². The molecule has 0 aliphatic rings. The van der Waals surface area contributed by atoms with Crippen molar-refractivity contribution in [2.75, 3.05) is 6.61 Å². The van der Waals surface area contributed by atoms with Crippen LogP contribution < -0.4 is 0 Å². The average Bonchev–Trinajstić information content (AvgIpc) is 2.19. The number of hydrogen-bond acceptors (Lipinski definition) is 4. The molecule has 1 aromatic rings. The molecule has 0 spiro atoms. The number of pyridine rings is 1. The molecule has 0 aliphatic heterocycles. The minimum Gasteiger partial charge on any atom is -0.466 e. The normalized spacial score (nSPS) is 12.1. The molecule has 1 heterocycles. The highest BCUT2D eigenvalue weighted by Gasteiger charge is 2.12. The molecule has 1 atom stereocenters. The Bertz CT molecular complexity index is 287. The number of rotatable bonds is 4. The maximum Gasteiger partial charge on any atom is 0.308 e. The second-order valence-corrected chi connectivity index (χ2v) is 2.81. The summed E-state index contributed by atoms with van der Waals surface area (Å²) >= 11 is 0. The van der Waals surface area contributed by atoms with E-state index in [2.05, 4.69) is 4.98 Å². The van der Waals surface area contributed by atoms with E-state index in [1.807, 2.05) is 0 Å². The van der Waals surface area contributed by atoms with Crippen molar-refractivity contribution in [3.8, 4) is 0 Å². The van der Waals surface area contributed by atoms with Gasteiger partial charge >= 0.3 is 5.97 Å². The molecular formula is C10H13NO3. The monoisotopic (exact) mass is 195 g/mol. The number of nitrogens with zero attached hydrogens (tertiary/aromatic N) is 1. The number of ether oxygens (including phenoxy) is 1. The molecule has 0 saturated heterocycles. The fraction of sp³-hybridized carbons (Fsp3) is 0.400. The van der Waals surface area contributed by atoms with Gasteiger partial charge in [-0.1, -0.05) is 0 Å².